The highest BCUT2D eigenvalue weighted by Crippen LogP contribution is 2.28. The van der Waals surface area contributed by atoms with E-state index in [1.807, 2.05) is 66.7 Å². The number of phenolic OH excluding ortho intramolecular Hbond substituents is 1. The van der Waals surface area contributed by atoms with Gasteiger partial charge in [-0.05, 0) is 74.5 Å². The predicted molar refractivity (Wildman–Crippen MR) is 172 cm³/mol. The molecule has 3 aromatic carbocycles. The normalized spacial score (nSPS) is 14.0. The van der Waals surface area contributed by atoms with E-state index >= 15 is 0 Å². The molecular weight excluding hydrogens is 540 g/mol. The van der Waals surface area contributed by atoms with Crippen molar-refractivity contribution in [3.8, 4) is 16.9 Å². The van der Waals surface area contributed by atoms with Gasteiger partial charge in [-0.2, -0.15) is 0 Å². The largest absolute Gasteiger partial charge is 0.508 e. The van der Waals surface area contributed by atoms with Gasteiger partial charge >= 0.3 is 6.09 Å². The summed E-state index contributed by atoms with van der Waals surface area (Å²) in [6.45, 7) is 5.70. The van der Waals surface area contributed by atoms with Crippen LogP contribution in [0.5, 0.6) is 5.75 Å². The van der Waals surface area contributed by atoms with E-state index in [1.165, 1.54) is 5.56 Å². The van der Waals surface area contributed by atoms with Gasteiger partial charge < -0.3 is 25.4 Å². The zero-order valence-electron chi connectivity index (χ0n) is 25.1. The molecule has 1 saturated heterocycles. The lowest BCUT2D eigenvalue weighted by Gasteiger charge is -2.31. The van der Waals surface area contributed by atoms with Crippen molar-refractivity contribution in [2.75, 3.05) is 51.1 Å². The summed E-state index contributed by atoms with van der Waals surface area (Å²) in [6, 6.07) is 25.1. The molecule has 0 aromatic heterocycles. The summed E-state index contributed by atoms with van der Waals surface area (Å²) in [7, 11) is 0. The Morgan fingerprint density at radius 3 is 2.35 bits per heavy atom. The molecule has 8 heteroatoms. The third kappa shape index (κ3) is 11.8. The minimum atomic E-state index is -0.413. The number of hydrogen-bond donors (Lipinski definition) is 4. The van der Waals surface area contributed by atoms with Crippen LogP contribution in [0.2, 0.25) is 0 Å². The summed E-state index contributed by atoms with van der Waals surface area (Å²) in [5.41, 5.74) is 3.97. The maximum absolute atomic E-state index is 12.6. The zero-order chi connectivity index (χ0) is 30.1. The maximum Gasteiger partial charge on any atom is 0.411 e. The Morgan fingerprint density at radius 1 is 0.814 bits per heavy atom. The number of unbranched alkanes of at least 4 members (excludes halogenated alkanes) is 2. The first-order valence-corrected chi connectivity index (χ1v) is 15.6. The van der Waals surface area contributed by atoms with Crippen LogP contribution >= 0.6 is 0 Å². The summed E-state index contributed by atoms with van der Waals surface area (Å²) < 4.78 is 5.74. The summed E-state index contributed by atoms with van der Waals surface area (Å²) in [4.78, 5) is 27.2. The number of likely N-dealkylation sites (tertiary alicyclic amines) is 1. The van der Waals surface area contributed by atoms with E-state index in [1.54, 1.807) is 12.1 Å². The average Bonchev–Trinajstić information content (AvgIpc) is 3.03. The smallest absolute Gasteiger partial charge is 0.411 e. The van der Waals surface area contributed by atoms with Crippen LogP contribution in [-0.4, -0.2) is 73.8 Å². The quantitative estimate of drug-likeness (QED) is 0.152. The van der Waals surface area contributed by atoms with Crippen molar-refractivity contribution in [1.82, 2.24) is 15.5 Å². The standard InChI is InChI=1S/C35H46N4O4/c40-30-16-14-28(15-17-30)18-22-36-21-8-2-5-11-31(41)27-37-23-26-39-24-19-32(20-25-39)43-35(42)38-34-13-7-6-12-33(34)29-9-3-1-4-10-29/h1,3-4,6-7,9-10,12-17,32,36-37,40H,2,5,8,11,18-27H2,(H,38,42). The highest BCUT2D eigenvalue weighted by atomic mass is 16.6. The van der Waals surface area contributed by atoms with Crippen molar-refractivity contribution in [2.45, 2.75) is 51.0 Å². The molecule has 0 atom stereocenters. The third-order valence-electron chi connectivity index (χ3n) is 7.82. The highest BCUT2D eigenvalue weighted by Gasteiger charge is 2.22. The number of aromatic hydroxyl groups is 1. The van der Waals surface area contributed by atoms with Gasteiger partial charge in [-0.15, -0.1) is 0 Å². The Bertz CT molecular complexity index is 1240. The van der Waals surface area contributed by atoms with Gasteiger partial charge in [-0.3, -0.25) is 10.1 Å². The van der Waals surface area contributed by atoms with Gasteiger partial charge in [-0.1, -0.05) is 67.1 Å². The van der Waals surface area contributed by atoms with Crippen LogP contribution in [0.4, 0.5) is 10.5 Å². The molecule has 0 unspecified atom stereocenters. The van der Waals surface area contributed by atoms with Crippen LogP contribution in [0, 0.1) is 0 Å². The number of nitrogens with zero attached hydrogens (tertiary/aromatic N) is 1. The summed E-state index contributed by atoms with van der Waals surface area (Å²) >= 11 is 0. The lowest BCUT2D eigenvalue weighted by Crippen LogP contribution is -2.42. The van der Waals surface area contributed by atoms with Gasteiger partial charge in [0.1, 0.15) is 17.6 Å². The fourth-order valence-corrected chi connectivity index (χ4v) is 5.33. The van der Waals surface area contributed by atoms with Crippen LogP contribution in [0.15, 0.2) is 78.9 Å². The van der Waals surface area contributed by atoms with E-state index < -0.39 is 6.09 Å². The van der Waals surface area contributed by atoms with Gasteiger partial charge in [0.2, 0.25) is 0 Å². The number of phenols is 1. The fourth-order valence-electron chi connectivity index (χ4n) is 5.33. The van der Waals surface area contributed by atoms with E-state index in [0.29, 0.717) is 18.7 Å². The molecule has 1 heterocycles. The third-order valence-corrected chi connectivity index (χ3v) is 7.82. The van der Waals surface area contributed by atoms with E-state index in [2.05, 4.69) is 20.9 Å². The van der Waals surface area contributed by atoms with Crippen molar-refractivity contribution in [2.24, 2.45) is 0 Å². The molecular formula is C35H46N4O4. The van der Waals surface area contributed by atoms with Crippen molar-refractivity contribution >= 4 is 17.6 Å². The van der Waals surface area contributed by atoms with E-state index in [-0.39, 0.29) is 11.9 Å². The number of amides is 1. The van der Waals surface area contributed by atoms with Crippen LogP contribution in [0.3, 0.4) is 0 Å². The van der Waals surface area contributed by atoms with Gasteiger partial charge in [-0.25, -0.2) is 4.79 Å². The molecule has 1 amide bonds. The molecule has 0 bridgehead atoms. The molecule has 0 aliphatic carbocycles. The van der Waals surface area contributed by atoms with Crippen molar-refractivity contribution in [3.05, 3.63) is 84.4 Å². The number of ketones is 1. The molecule has 230 valence electrons. The zero-order valence-corrected chi connectivity index (χ0v) is 25.1. The molecule has 0 saturated carbocycles. The van der Waals surface area contributed by atoms with Crippen molar-refractivity contribution in [3.63, 3.8) is 0 Å². The number of para-hydroxylation sites is 1. The van der Waals surface area contributed by atoms with Crippen LogP contribution in [-0.2, 0) is 16.0 Å². The Balaban J connectivity index is 0.989. The first-order chi connectivity index (χ1) is 21.1. The number of nitrogens with one attached hydrogen (secondary N) is 3. The summed E-state index contributed by atoms with van der Waals surface area (Å²) in [6.07, 6.45) is 5.72. The molecule has 0 radical (unpaired) electrons. The molecule has 43 heavy (non-hydrogen) atoms. The minimum Gasteiger partial charge on any atom is -0.508 e. The van der Waals surface area contributed by atoms with Crippen molar-refractivity contribution < 1.29 is 19.4 Å². The first-order valence-electron chi connectivity index (χ1n) is 15.6. The van der Waals surface area contributed by atoms with E-state index in [0.717, 1.165) is 94.6 Å². The number of carbonyl (C=O) groups is 2. The number of anilines is 1. The lowest BCUT2D eigenvalue weighted by molar-refractivity contribution is -0.118. The second-order valence-corrected chi connectivity index (χ2v) is 11.2. The number of ether oxygens (including phenoxy) is 1. The summed E-state index contributed by atoms with van der Waals surface area (Å²) in [5.74, 6) is 0.571. The Kier molecular flexibility index (Phi) is 13.5. The molecule has 8 nitrogen and oxygen atoms in total. The number of carbonyl (C=O) groups excluding carboxylic acids is 2. The molecule has 4 rings (SSSR count). The number of benzene rings is 3. The minimum absolute atomic E-state index is 0.0934. The van der Waals surface area contributed by atoms with Crippen molar-refractivity contribution in [1.29, 1.82) is 0 Å². The molecule has 1 fully saturated rings. The number of hydrogen-bond acceptors (Lipinski definition) is 7. The molecule has 4 N–H and O–H groups in total. The van der Waals surface area contributed by atoms with E-state index in [9.17, 15) is 14.7 Å². The van der Waals surface area contributed by atoms with Gasteiger partial charge in [0.25, 0.3) is 0 Å². The Hall–Kier alpha value is -3.72. The van der Waals surface area contributed by atoms with Crippen LogP contribution in [0.25, 0.3) is 11.1 Å². The van der Waals surface area contributed by atoms with Crippen LogP contribution < -0.4 is 16.0 Å². The molecule has 1 aliphatic heterocycles. The maximum atomic E-state index is 12.6. The van der Waals surface area contributed by atoms with Crippen LogP contribution in [0.1, 0.15) is 44.1 Å². The molecule has 1 aliphatic rings. The van der Waals surface area contributed by atoms with Gasteiger partial charge in [0, 0.05) is 38.2 Å². The Morgan fingerprint density at radius 2 is 1.56 bits per heavy atom. The number of Topliss-reactive ketones (excluding diaryl/α,β-unsaturated/α-hetero) is 1. The fraction of sp³-hybridized carbons (Fsp3) is 0.429. The monoisotopic (exact) mass is 586 g/mol. The second kappa shape index (κ2) is 18.1. The topological polar surface area (TPSA) is 103 Å². The second-order valence-electron chi connectivity index (χ2n) is 11.2. The first kappa shape index (κ1) is 32.2. The van der Waals surface area contributed by atoms with E-state index in [4.69, 9.17) is 4.74 Å². The highest BCUT2D eigenvalue weighted by molar-refractivity contribution is 5.91. The van der Waals surface area contributed by atoms with Gasteiger partial charge in [0.15, 0.2) is 0 Å². The predicted octanol–water partition coefficient (Wildman–Crippen LogP) is 5.62. The molecule has 3 aromatic rings. The Labute approximate surface area is 255 Å². The van der Waals surface area contributed by atoms with Gasteiger partial charge in [0.05, 0.1) is 12.2 Å². The number of piperidine rings is 1. The average molecular weight is 587 g/mol. The SMILES string of the molecule is O=C(CCCCCNCCc1ccc(O)cc1)CNCCN1CCC(OC(=O)Nc2ccccc2-c2ccccc2)CC1. The summed E-state index contributed by atoms with van der Waals surface area (Å²) in [5, 5.41) is 19.0. The lowest BCUT2D eigenvalue weighted by atomic mass is 10.0. The molecule has 0 spiro atoms. The number of rotatable bonds is 17.